The molecule has 0 saturated carbocycles. The molecular weight excluding hydrogens is 527 g/mol. The number of carboxylic acids is 1. The van der Waals surface area contributed by atoms with E-state index in [-0.39, 0.29) is 24.5 Å². The number of anilines is 1. The smallest absolute Gasteiger partial charge is 0.416 e. The van der Waals surface area contributed by atoms with Crippen LogP contribution in [0.5, 0.6) is 0 Å². The molecule has 0 spiro atoms. The first-order valence-electron chi connectivity index (χ1n) is 9.89. The number of carboxylic acid groups (broad SMARTS) is 1. The van der Waals surface area contributed by atoms with Crippen molar-refractivity contribution < 1.29 is 31.5 Å². The van der Waals surface area contributed by atoms with Crippen molar-refractivity contribution in [1.82, 2.24) is 8.87 Å². The third-order valence-electron chi connectivity index (χ3n) is 5.55. The number of aromatic nitrogens is 1. The van der Waals surface area contributed by atoms with Crippen molar-refractivity contribution in [3.05, 3.63) is 58.7 Å². The zero-order valence-corrected chi connectivity index (χ0v) is 19.5. The Labute approximate surface area is 196 Å². The maximum atomic E-state index is 13.3. The standard InChI is InChI=1S/C21H19BrF3N3O4S/c22-17-11-14-5-6-27(13-20(29)30)18(14)12-19(17)33(31,32)28-9-7-26(8-10-28)16-3-1-15(2-4-16)21(23,24)25/h1-6,11-12H,7-10,13H2,(H,29,30). The second kappa shape index (κ2) is 8.65. The SMILES string of the molecule is O=C(O)Cn1ccc2cc(Br)c(S(=O)(=O)N3CCN(c4ccc(C(F)(F)F)cc4)CC3)cc21. The van der Waals surface area contributed by atoms with Gasteiger partial charge in [0.2, 0.25) is 10.0 Å². The topological polar surface area (TPSA) is 82.8 Å². The Morgan fingerprint density at radius 1 is 1.03 bits per heavy atom. The number of nitrogens with zero attached hydrogens (tertiary/aromatic N) is 3. The van der Waals surface area contributed by atoms with Crippen LogP contribution in [0.3, 0.4) is 0 Å². The van der Waals surface area contributed by atoms with Gasteiger partial charge in [-0.25, -0.2) is 8.42 Å². The van der Waals surface area contributed by atoms with Crippen molar-refractivity contribution in [3.63, 3.8) is 0 Å². The molecule has 0 amide bonds. The number of hydrogen-bond acceptors (Lipinski definition) is 4. The molecule has 0 aliphatic carbocycles. The molecule has 4 rings (SSSR count). The van der Waals surface area contributed by atoms with Crippen LogP contribution < -0.4 is 4.90 Å². The van der Waals surface area contributed by atoms with E-state index in [1.54, 1.807) is 18.3 Å². The van der Waals surface area contributed by atoms with E-state index < -0.39 is 27.7 Å². The normalized spacial score (nSPS) is 15.8. The second-order valence-electron chi connectivity index (χ2n) is 7.61. The minimum atomic E-state index is -4.41. The van der Waals surface area contributed by atoms with E-state index in [0.717, 1.165) is 12.1 Å². The van der Waals surface area contributed by atoms with Crippen LogP contribution in [0.2, 0.25) is 0 Å². The number of sulfonamides is 1. The number of hydrogen-bond donors (Lipinski definition) is 1. The van der Waals surface area contributed by atoms with E-state index in [9.17, 15) is 26.4 Å². The molecule has 0 atom stereocenters. The Balaban J connectivity index is 1.54. The lowest BCUT2D eigenvalue weighted by Crippen LogP contribution is -2.48. The fourth-order valence-corrected chi connectivity index (χ4v) is 6.32. The van der Waals surface area contributed by atoms with E-state index in [0.29, 0.717) is 34.2 Å². The lowest BCUT2D eigenvalue weighted by Gasteiger charge is -2.35. The summed E-state index contributed by atoms with van der Waals surface area (Å²) in [4.78, 5) is 13.0. The first kappa shape index (κ1) is 23.6. The van der Waals surface area contributed by atoms with Crippen LogP contribution >= 0.6 is 15.9 Å². The molecule has 1 fully saturated rings. The van der Waals surface area contributed by atoms with Crippen LogP contribution in [-0.2, 0) is 27.5 Å². The highest BCUT2D eigenvalue weighted by molar-refractivity contribution is 9.10. The Morgan fingerprint density at radius 3 is 2.24 bits per heavy atom. The molecule has 176 valence electrons. The van der Waals surface area contributed by atoms with Gasteiger partial charge >= 0.3 is 12.1 Å². The highest BCUT2D eigenvalue weighted by atomic mass is 79.9. The number of rotatable bonds is 5. The summed E-state index contributed by atoms with van der Waals surface area (Å²) in [6.45, 7) is 0.657. The van der Waals surface area contributed by atoms with E-state index in [1.165, 1.54) is 27.1 Å². The van der Waals surface area contributed by atoms with Crippen LogP contribution in [0.15, 0.2) is 58.0 Å². The highest BCUT2D eigenvalue weighted by Crippen LogP contribution is 2.33. The van der Waals surface area contributed by atoms with Gasteiger partial charge < -0.3 is 14.6 Å². The van der Waals surface area contributed by atoms with Gasteiger partial charge in [-0.05, 0) is 58.4 Å². The van der Waals surface area contributed by atoms with Crippen LogP contribution in [0.1, 0.15) is 5.56 Å². The number of carbonyl (C=O) groups is 1. The number of fused-ring (bicyclic) bond motifs is 1. The average molecular weight is 546 g/mol. The number of alkyl halides is 3. The van der Waals surface area contributed by atoms with Crippen LogP contribution in [0.25, 0.3) is 10.9 Å². The zero-order chi connectivity index (χ0) is 24.0. The van der Waals surface area contributed by atoms with Crippen molar-refractivity contribution >= 4 is 48.5 Å². The van der Waals surface area contributed by atoms with Crippen LogP contribution in [-0.4, -0.2) is 54.5 Å². The molecule has 12 heteroatoms. The number of halogens is 4. The Kier molecular flexibility index (Phi) is 6.18. The predicted octanol–water partition coefficient (Wildman–Crippen LogP) is 4.02. The van der Waals surface area contributed by atoms with Crippen molar-refractivity contribution in [2.75, 3.05) is 31.1 Å². The summed E-state index contributed by atoms with van der Waals surface area (Å²) >= 11 is 3.32. The summed E-state index contributed by atoms with van der Waals surface area (Å²) in [5, 5.41) is 9.79. The molecule has 2 heterocycles. The number of aliphatic carboxylic acids is 1. The quantitative estimate of drug-likeness (QED) is 0.523. The van der Waals surface area contributed by atoms with Crippen LogP contribution in [0, 0.1) is 0 Å². The maximum Gasteiger partial charge on any atom is 0.416 e. The molecule has 7 nitrogen and oxygen atoms in total. The summed E-state index contributed by atoms with van der Waals surface area (Å²) in [6.07, 6.45) is -2.82. The molecule has 2 aromatic carbocycles. The van der Waals surface area contributed by atoms with Gasteiger partial charge in [-0.2, -0.15) is 17.5 Å². The molecule has 1 N–H and O–H groups in total. The lowest BCUT2D eigenvalue weighted by molar-refractivity contribution is -0.138. The first-order valence-corrected chi connectivity index (χ1v) is 12.1. The average Bonchev–Trinajstić information content (AvgIpc) is 3.13. The zero-order valence-electron chi connectivity index (χ0n) is 17.1. The minimum absolute atomic E-state index is 0.0309. The third kappa shape index (κ3) is 4.73. The summed E-state index contributed by atoms with van der Waals surface area (Å²) in [6, 6.07) is 9.59. The van der Waals surface area contributed by atoms with Gasteiger partial charge in [0.15, 0.2) is 0 Å². The fourth-order valence-electron chi connectivity index (χ4n) is 3.86. The van der Waals surface area contributed by atoms with E-state index in [1.807, 2.05) is 4.90 Å². The predicted molar refractivity (Wildman–Crippen MR) is 120 cm³/mol. The molecule has 33 heavy (non-hydrogen) atoms. The molecular formula is C21H19BrF3N3O4S. The van der Waals surface area contributed by atoms with Gasteiger partial charge in [-0.3, -0.25) is 4.79 Å². The molecule has 1 aliphatic heterocycles. The molecule has 3 aromatic rings. The molecule has 0 unspecified atom stereocenters. The Morgan fingerprint density at radius 2 is 1.67 bits per heavy atom. The van der Waals surface area contributed by atoms with Crippen molar-refractivity contribution in [1.29, 1.82) is 0 Å². The number of benzene rings is 2. The Bertz CT molecular complexity index is 1300. The Hall–Kier alpha value is -2.57. The molecule has 1 saturated heterocycles. The highest BCUT2D eigenvalue weighted by Gasteiger charge is 2.32. The van der Waals surface area contributed by atoms with Gasteiger partial charge in [-0.15, -0.1) is 0 Å². The summed E-state index contributed by atoms with van der Waals surface area (Å²) in [5.74, 6) is -1.04. The first-order chi connectivity index (χ1) is 15.5. The minimum Gasteiger partial charge on any atom is -0.480 e. The van der Waals surface area contributed by atoms with Crippen molar-refractivity contribution in [2.45, 2.75) is 17.6 Å². The van der Waals surface area contributed by atoms with Gasteiger partial charge in [0, 0.05) is 53.4 Å². The fraction of sp³-hybridized carbons (Fsp3) is 0.286. The molecule has 1 aromatic heterocycles. The lowest BCUT2D eigenvalue weighted by atomic mass is 10.2. The van der Waals surface area contributed by atoms with E-state index in [4.69, 9.17) is 5.11 Å². The van der Waals surface area contributed by atoms with Crippen LogP contribution in [0.4, 0.5) is 18.9 Å². The van der Waals surface area contributed by atoms with Gasteiger partial charge in [0.1, 0.15) is 6.54 Å². The number of piperazine rings is 1. The maximum absolute atomic E-state index is 13.3. The third-order valence-corrected chi connectivity index (χ3v) is 8.40. The van der Waals surface area contributed by atoms with Crippen molar-refractivity contribution in [2.24, 2.45) is 0 Å². The monoisotopic (exact) mass is 545 g/mol. The van der Waals surface area contributed by atoms with Gasteiger partial charge in [-0.1, -0.05) is 0 Å². The van der Waals surface area contributed by atoms with E-state index in [2.05, 4.69) is 15.9 Å². The molecule has 1 aliphatic rings. The van der Waals surface area contributed by atoms with Gasteiger partial charge in [0.25, 0.3) is 0 Å². The van der Waals surface area contributed by atoms with Gasteiger partial charge in [0.05, 0.1) is 10.5 Å². The molecule has 0 bridgehead atoms. The molecule has 0 radical (unpaired) electrons. The summed E-state index contributed by atoms with van der Waals surface area (Å²) in [7, 11) is -3.89. The van der Waals surface area contributed by atoms with E-state index >= 15 is 0 Å². The summed E-state index contributed by atoms with van der Waals surface area (Å²) in [5.41, 5.74) is 0.345. The van der Waals surface area contributed by atoms with Crippen molar-refractivity contribution in [3.8, 4) is 0 Å². The summed E-state index contributed by atoms with van der Waals surface area (Å²) < 4.78 is 68.2. The second-order valence-corrected chi connectivity index (χ2v) is 10.4. The largest absolute Gasteiger partial charge is 0.480 e.